The molecule has 2 aliphatic rings. The topological polar surface area (TPSA) is 29.3 Å². The standard InChI is InChI=1S/C4H5NO2/c6-3-4-5(3)1-2-7-4/h4H,1-2H2. The first-order valence-corrected chi connectivity index (χ1v) is 2.32. The van der Waals surface area contributed by atoms with E-state index in [1.54, 1.807) is 4.90 Å². The van der Waals surface area contributed by atoms with E-state index >= 15 is 0 Å². The van der Waals surface area contributed by atoms with Gasteiger partial charge in [0.05, 0.1) is 6.61 Å². The number of carbonyl (C=O) groups excluding carboxylic acids is 1. The molecule has 1 unspecified atom stereocenters. The Kier molecular flexibility index (Phi) is 0.400. The Morgan fingerprint density at radius 3 is 3.00 bits per heavy atom. The minimum Gasteiger partial charge on any atom is -0.347 e. The summed E-state index contributed by atoms with van der Waals surface area (Å²) in [5.41, 5.74) is 0. The zero-order valence-electron chi connectivity index (χ0n) is 3.76. The van der Waals surface area contributed by atoms with Crippen molar-refractivity contribution < 1.29 is 9.53 Å². The van der Waals surface area contributed by atoms with Crippen molar-refractivity contribution in [1.82, 2.24) is 4.90 Å². The van der Waals surface area contributed by atoms with Crippen LogP contribution in [0.25, 0.3) is 0 Å². The first-order valence-electron chi connectivity index (χ1n) is 2.32. The van der Waals surface area contributed by atoms with E-state index < -0.39 is 0 Å². The van der Waals surface area contributed by atoms with Crippen LogP contribution in [0.1, 0.15) is 0 Å². The van der Waals surface area contributed by atoms with Crippen LogP contribution in [0.5, 0.6) is 0 Å². The lowest BCUT2D eigenvalue weighted by Gasteiger charge is -1.83. The maximum Gasteiger partial charge on any atom is 0.275 e. The van der Waals surface area contributed by atoms with Gasteiger partial charge < -0.3 is 9.64 Å². The van der Waals surface area contributed by atoms with Crippen molar-refractivity contribution in [2.45, 2.75) is 6.23 Å². The summed E-state index contributed by atoms with van der Waals surface area (Å²) in [7, 11) is 0. The van der Waals surface area contributed by atoms with E-state index in [9.17, 15) is 4.79 Å². The summed E-state index contributed by atoms with van der Waals surface area (Å²) in [5.74, 6) is 0.159. The Morgan fingerprint density at radius 2 is 2.71 bits per heavy atom. The van der Waals surface area contributed by atoms with Crippen LogP contribution in [-0.2, 0) is 9.53 Å². The molecular formula is C4H5NO2. The molecule has 0 aromatic carbocycles. The fourth-order valence-electron chi connectivity index (χ4n) is 0.845. The average molecular weight is 99.1 g/mol. The Hall–Kier alpha value is -0.570. The van der Waals surface area contributed by atoms with Crippen LogP contribution in [0.3, 0.4) is 0 Å². The quantitative estimate of drug-likeness (QED) is 0.371. The van der Waals surface area contributed by atoms with Gasteiger partial charge in [-0.1, -0.05) is 0 Å². The molecule has 2 heterocycles. The van der Waals surface area contributed by atoms with Crippen molar-refractivity contribution in [3.05, 3.63) is 0 Å². The molecule has 3 nitrogen and oxygen atoms in total. The molecule has 0 N–H and O–H groups in total. The van der Waals surface area contributed by atoms with E-state index in [4.69, 9.17) is 4.74 Å². The van der Waals surface area contributed by atoms with Crippen molar-refractivity contribution in [2.24, 2.45) is 0 Å². The molecule has 0 aromatic heterocycles. The van der Waals surface area contributed by atoms with Crippen molar-refractivity contribution >= 4 is 5.91 Å². The molecule has 38 valence electrons. The predicted molar refractivity (Wildman–Crippen MR) is 21.5 cm³/mol. The zero-order chi connectivity index (χ0) is 4.85. The third-order valence-corrected chi connectivity index (χ3v) is 1.32. The van der Waals surface area contributed by atoms with Gasteiger partial charge in [0.2, 0.25) is 6.23 Å². The highest BCUT2D eigenvalue weighted by molar-refractivity contribution is 5.95. The largest absolute Gasteiger partial charge is 0.347 e. The van der Waals surface area contributed by atoms with Crippen LogP contribution in [0.4, 0.5) is 0 Å². The van der Waals surface area contributed by atoms with Crippen molar-refractivity contribution in [3.63, 3.8) is 0 Å². The smallest absolute Gasteiger partial charge is 0.275 e. The molecule has 2 fully saturated rings. The van der Waals surface area contributed by atoms with Crippen LogP contribution in [0.2, 0.25) is 0 Å². The molecule has 2 aliphatic heterocycles. The first kappa shape index (κ1) is 3.43. The highest BCUT2D eigenvalue weighted by Crippen LogP contribution is 2.25. The predicted octanol–water partition coefficient (Wildman–Crippen LogP) is -0.815. The van der Waals surface area contributed by atoms with Gasteiger partial charge in [0, 0.05) is 6.54 Å². The molecule has 0 aliphatic carbocycles. The lowest BCUT2D eigenvalue weighted by molar-refractivity contribution is -0.116. The lowest BCUT2D eigenvalue weighted by Crippen LogP contribution is -2.01. The molecule has 0 bridgehead atoms. The third-order valence-electron chi connectivity index (χ3n) is 1.32. The number of ether oxygens (including phenoxy) is 1. The molecule has 0 radical (unpaired) electrons. The van der Waals surface area contributed by atoms with Gasteiger partial charge in [-0.15, -0.1) is 0 Å². The van der Waals surface area contributed by atoms with E-state index in [0.717, 1.165) is 13.2 Å². The van der Waals surface area contributed by atoms with Gasteiger partial charge in [0.15, 0.2) is 0 Å². The van der Waals surface area contributed by atoms with Gasteiger partial charge in [-0.05, 0) is 0 Å². The van der Waals surface area contributed by atoms with Crippen LogP contribution in [0.15, 0.2) is 0 Å². The normalized spacial score (nSPS) is 36.3. The highest BCUT2D eigenvalue weighted by Gasteiger charge is 2.50. The van der Waals surface area contributed by atoms with E-state index in [2.05, 4.69) is 0 Å². The second-order valence-corrected chi connectivity index (χ2v) is 1.75. The second-order valence-electron chi connectivity index (χ2n) is 1.75. The lowest BCUT2D eigenvalue weighted by atomic mass is 10.7. The number of rotatable bonds is 0. The Labute approximate surface area is 40.9 Å². The maximum atomic E-state index is 10.3. The molecule has 2 rings (SSSR count). The Morgan fingerprint density at radius 1 is 1.86 bits per heavy atom. The summed E-state index contributed by atoms with van der Waals surface area (Å²) in [6.45, 7) is 1.54. The maximum absolute atomic E-state index is 10.3. The van der Waals surface area contributed by atoms with Crippen LogP contribution in [-0.4, -0.2) is 30.2 Å². The molecule has 0 aromatic rings. The summed E-state index contributed by atoms with van der Waals surface area (Å²) in [4.78, 5) is 12.0. The number of hydrogen-bond acceptors (Lipinski definition) is 2. The minimum atomic E-state index is -0.125. The van der Waals surface area contributed by atoms with E-state index in [1.165, 1.54) is 0 Å². The molecule has 1 atom stereocenters. The first-order chi connectivity index (χ1) is 3.39. The minimum absolute atomic E-state index is 0.125. The number of fused-ring (bicyclic) bond motifs is 1. The number of hydrogen-bond donors (Lipinski definition) is 0. The molecule has 3 heteroatoms. The third kappa shape index (κ3) is 0.268. The molecule has 0 spiro atoms. The fourth-order valence-corrected chi connectivity index (χ4v) is 0.845. The van der Waals surface area contributed by atoms with E-state index in [-0.39, 0.29) is 12.1 Å². The average Bonchev–Trinajstić information content (AvgIpc) is 2.26. The van der Waals surface area contributed by atoms with Gasteiger partial charge in [-0.25, -0.2) is 0 Å². The van der Waals surface area contributed by atoms with Crippen LogP contribution >= 0.6 is 0 Å². The Bertz CT molecular complexity index is 111. The number of carbonyl (C=O) groups is 1. The van der Waals surface area contributed by atoms with Crippen LogP contribution < -0.4 is 0 Å². The molecule has 7 heavy (non-hydrogen) atoms. The molecular weight excluding hydrogens is 94.0 g/mol. The van der Waals surface area contributed by atoms with E-state index in [0.29, 0.717) is 0 Å². The van der Waals surface area contributed by atoms with Gasteiger partial charge in [-0.2, -0.15) is 0 Å². The number of nitrogens with zero attached hydrogens (tertiary/aromatic N) is 1. The number of morpholine rings is 1. The zero-order valence-corrected chi connectivity index (χ0v) is 3.76. The van der Waals surface area contributed by atoms with Gasteiger partial charge in [0.1, 0.15) is 0 Å². The monoisotopic (exact) mass is 99.0 g/mol. The summed E-state index contributed by atoms with van der Waals surface area (Å²) < 4.78 is 4.92. The van der Waals surface area contributed by atoms with Crippen molar-refractivity contribution in [1.29, 1.82) is 0 Å². The Balaban J connectivity index is 2.19. The molecule has 0 saturated carbocycles. The second kappa shape index (κ2) is 0.816. The van der Waals surface area contributed by atoms with Gasteiger partial charge in [0.25, 0.3) is 5.91 Å². The SMILES string of the molecule is O=C1C2OCCN12. The van der Waals surface area contributed by atoms with Gasteiger partial charge in [-0.3, -0.25) is 4.79 Å². The fraction of sp³-hybridized carbons (Fsp3) is 0.750. The van der Waals surface area contributed by atoms with Crippen LogP contribution in [0, 0.1) is 0 Å². The summed E-state index contributed by atoms with van der Waals surface area (Å²) in [6, 6.07) is 0. The molecule has 2 saturated heterocycles. The summed E-state index contributed by atoms with van der Waals surface area (Å²) >= 11 is 0. The van der Waals surface area contributed by atoms with Gasteiger partial charge >= 0.3 is 0 Å². The molecule has 1 amide bonds. The summed E-state index contributed by atoms with van der Waals surface area (Å²) in [5, 5.41) is 0. The van der Waals surface area contributed by atoms with Crippen molar-refractivity contribution in [2.75, 3.05) is 13.2 Å². The highest BCUT2D eigenvalue weighted by atomic mass is 16.5. The summed E-state index contributed by atoms with van der Waals surface area (Å²) in [6.07, 6.45) is -0.125. The van der Waals surface area contributed by atoms with E-state index in [1.807, 2.05) is 0 Å². The number of amides is 1. The van der Waals surface area contributed by atoms with Crippen molar-refractivity contribution in [3.8, 4) is 0 Å².